The molecule has 0 heterocycles. The Morgan fingerprint density at radius 2 is 1.80 bits per heavy atom. The molecule has 0 N–H and O–H groups in total. The smallest absolute Gasteiger partial charge is 0.192 e. The molecule has 0 unspecified atom stereocenters. The summed E-state index contributed by atoms with van der Waals surface area (Å²) in [5, 5.41) is 0.261. The third kappa shape index (κ3) is 4.79. The molecule has 20 heavy (non-hydrogen) atoms. The van der Waals surface area contributed by atoms with E-state index in [9.17, 15) is 0 Å². The molecule has 0 aliphatic heterocycles. The van der Waals surface area contributed by atoms with Crippen LogP contribution in [0.15, 0.2) is 42.1 Å². The molecule has 1 rings (SSSR count). The Balaban J connectivity index is 2.74. The van der Waals surface area contributed by atoms with Gasteiger partial charge in [0.05, 0.1) is 6.61 Å². The van der Waals surface area contributed by atoms with Crippen LogP contribution in [-0.2, 0) is 4.43 Å². The highest BCUT2D eigenvalue weighted by molar-refractivity contribution is 6.74. The first-order chi connectivity index (χ1) is 9.28. The topological polar surface area (TPSA) is 9.23 Å². The zero-order chi connectivity index (χ0) is 15.2. The van der Waals surface area contributed by atoms with Gasteiger partial charge < -0.3 is 4.43 Å². The summed E-state index contributed by atoms with van der Waals surface area (Å²) in [5.41, 5.74) is 5.89. The second-order valence-corrected chi connectivity index (χ2v) is 11.4. The number of rotatable bonds is 5. The average Bonchev–Trinajstić information content (AvgIpc) is 2.38. The summed E-state index contributed by atoms with van der Waals surface area (Å²) in [6, 6.07) is 10.4. The number of benzene rings is 1. The lowest BCUT2D eigenvalue weighted by atomic mass is 10.0. The van der Waals surface area contributed by atoms with Crippen molar-refractivity contribution in [3.05, 3.63) is 47.7 Å². The first-order valence-corrected chi connectivity index (χ1v) is 10.3. The molecule has 0 spiro atoms. The van der Waals surface area contributed by atoms with E-state index in [0.29, 0.717) is 6.61 Å². The maximum absolute atomic E-state index is 6.13. The van der Waals surface area contributed by atoms with Crippen molar-refractivity contribution >= 4 is 13.9 Å². The predicted octanol–water partition coefficient (Wildman–Crippen LogP) is 5.66. The van der Waals surface area contributed by atoms with Gasteiger partial charge in [-0.1, -0.05) is 58.0 Å². The van der Waals surface area contributed by atoms with Gasteiger partial charge in [-0.15, -0.1) is 5.73 Å². The average molecular weight is 289 g/mol. The molecule has 0 fully saturated rings. The molecule has 0 aliphatic rings. The van der Waals surface area contributed by atoms with E-state index in [-0.39, 0.29) is 5.04 Å². The van der Waals surface area contributed by atoms with Crippen molar-refractivity contribution in [3.63, 3.8) is 0 Å². The van der Waals surface area contributed by atoms with E-state index in [1.165, 1.54) is 11.1 Å². The molecule has 110 valence electrons. The van der Waals surface area contributed by atoms with Crippen LogP contribution in [0.2, 0.25) is 18.1 Å². The lowest BCUT2D eigenvalue weighted by Gasteiger charge is -2.35. The highest BCUT2D eigenvalue weighted by atomic mass is 28.4. The highest BCUT2D eigenvalue weighted by Gasteiger charge is 2.36. The third-order valence-corrected chi connectivity index (χ3v) is 8.59. The van der Waals surface area contributed by atoms with Gasteiger partial charge in [-0.05, 0) is 36.2 Å². The van der Waals surface area contributed by atoms with Gasteiger partial charge in [0.2, 0.25) is 0 Å². The van der Waals surface area contributed by atoms with Crippen LogP contribution in [0.5, 0.6) is 0 Å². The quantitative estimate of drug-likeness (QED) is 0.502. The van der Waals surface area contributed by atoms with Gasteiger partial charge in [0, 0.05) is 5.57 Å². The fourth-order valence-electron chi connectivity index (χ4n) is 1.66. The van der Waals surface area contributed by atoms with Crippen LogP contribution in [-0.4, -0.2) is 14.9 Å². The fourth-order valence-corrected chi connectivity index (χ4v) is 2.59. The van der Waals surface area contributed by atoms with Crippen molar-refractivity contribution in [2.45, 2.75) is 52.2 Å². The zero-order valence-corrected chi connectivity index (χ0v) is 14.8. The zero-order valence-electron chi connectivity index (χ0n) is 13.8. The lowest BCUT2D eigenvalue weighted by Crippen LogP contribution is -2.40. The van der Waals surface area contributed by atoms with Gasteiger partial charge in [-0.25, -0.2) is 0 Å². The first-order valence-electron chi connectivity index (χ1n) is 7.41. The van der Waals surface area contributed by atoms with Crippen molar-refractivity contribution in [2.24, 2.45) is 0 Å². The number of hydrogen-bond donors (Lipinski definition) is 0. The van der Waals surface area contributed by atoms with Crippen LogP contribution >= 0.6 is 0 Å². The summed E-state index contributed by atoms with van der Waals surface area (Å²) in [6.07, 6.45) is 3.02. The van der Waals surface area contributed by atoms with Gasteiger partial charge in [0.15, 0.2) is 8.32 Å². The van der Waals surface area contributed by atoms with Gasteiger partial charge in [0.25, 0.3) is 0 Å². The molecule has 2 heteroatoms. The lowest BCUT2D eigenvalue weighted by molar-refractivity contribution is 0.328. The molecule has 0 aromatic heterocycles. The van der Waals surface area contributed by atoms with E-state index < -0.39 is 8.32 Å². The molecule has 0 amide bonds. The maximum Gasteiger partial charge on any atom is 0.192 e. The Bertz CT molecular complexity index is 474. The normalized spacial score (nSPS) is 11.9. The summed E-state index contributed by atoms with van der Waals surface area (Å²) >= 11 is 0. The van der Waals surface area contributed by atoms with E-state index in [2.05, 4.69) is 70.8 Å². The van der Waals surface area contributed by atoms with Crippen LogP contribution in [0.25, 0.3) is 5.57 Å². The standard InChI is InChI=1S/C18H28OSi/c1-7-16(17-12-9-8-10-13-17)14-11-15-19-20(5,6)18(2,3)4/h8-13H,7,15H2,1-6H3. The molecule has 0 saturated heterocycles. The SMILES string of the molecule is CCC(=C=CCO[Si](C)(C)C(C)(C)C)c1ccccc1. The summed E-state index contributed by atoms with van der Waals surface area (Å²) in [4.78, 5) is 0. The van der Waals surface area contributed by atoms with E-state index in [1.807, 2.05) is 12.1 Å². The first kappa shape index (κ1) is 17.0. The van der Waals surface area contributed by atoms with Crippen LogP contribution in [0.4, 0.5) is 0 Å². The number of hydrogen-bond acceptors (Lipinski definition) is 1. The summed E-state index contributed by atoms with van der Waals surface area (Å²) in [6.45, 7) is 14.2. The Kier molecular flexibility index (Phi) is 6.00. The Labute approximate surface area is 125 Å². The molecule has 0 bridgehead atoms. The van der Waals surface area contributed by atoms with E-state index in [4.69, 9.17) is 4.43 Å². The second-order valence-electron chi connectivity index (χ2n) is 6.62. The highest BCUT2D eigenvalue weighted by Crippen LogP contribution is 2.36. The van der Waals surface area contributed by atoms with Crippen LogP contribution in [0, 0.1) is 0 Å². The Morgan fingerprint density at radius 3 is 2.30 bits per heavy atom. The summed E-state index contributed by atoms with van der Waals surface area (Å²) < 4.78 is 6.13. The van der Waals surface area contributed by atoms with Gasteiger partial charge in [-0.3, -0.25) is 0 Å². The van der Waals surface area contributed by atoms with Crippen molar-refractivity contribution < 1.29 is 4.43 Å². The van der Waals surface area contributed by atoms with Gasteiger partial charge >= 0.3 is 0 Å². The Morgan fingerprint density at radius 1 is 1.20 bits per heavy atom. The third-order valence-electron chi connectivity index (χ3n) is 4.09. The molecular formula is C18H28OSi. The summed E-state index contributed by atoms with van der Waals surface area (Å²) in [7, 11) is -1.65. The van der Waals surface area contributed by atoms with Crippen molar-refractivity contribution in [2.75, 3.05) is 6.61 Å². The van der Waals surface area contributed by atoms with E-state index in [1.54, 1.807) is 0 Å². The molecule has 1 aromatic carbocycles. The van der Waals surface area contributed by atoms with Crippen molar-refractivity contribution in [1.82, 2.24) is 0 Å². The molecule has 0 saturated carbocycles. The van der Waals surface area contributed by atoms with Gasteiger partial charge in [-0.2, -0.15) is 0 Å². The monoisotopic (exact) mass is 288 g/mol. The summed E-state index contributed by atoms with van der Waals surface area (Å²) in [5.74, 6) is 0. The van der Waals surface area contributed by atoms with Crippen molar-refractivity contribution in [1.29, 1.82) is 0 Å². The molecule has 0 atom stereocenters. The second kappa shape index (κ2) is 7.08. The van der Waals surface area contributed by atoms with Gasteiger partial charge in [0.1, 0.15) is 0 Å². The largest absolute Gasteiger partial charge is 0.413 e. The fraction of sp³-hybridized carbons (Fsp3) is 0.500. The van der Waals surface area contributed by atoms with E-state index in [0.717, 1.165) is 6.42 Å². The minimum Gasteiger partial charge on any atom is -0.413 e. The van der Waals surface area contributed by atoms with Crippen LogP contribution in [0.3, 0.4) is 0 Å². The predicted molar refractivity (Wildman–Crippen MR) is 91.4 cm³/mol. The molecule has 0 radical (unpaired) electrons. The van der Waals surface area contributed by atoms with Crippen LogP contribution < -0.4 is 0 Å². The minimum atomic E-state index is -1.65. The molecule has 1 nitrogen and oxygen atoms in total. The molecule has 0 aliphatic carbocycles. The van der Waals surface area contributed by atoms with Crippen molar-refractivity contribution in [3.8, 4) is 0 Å². The Hall–Kier alpha value is -1.08. The minimum absolute atomic E-state index is 0.261. The molecular weight excluding hydrogens is 260 g/mol. The van der Waals surface area contributed by atoms with E-state index >= 15 is 0 Å². The maximum atomic E-state index is 6.13. The molecule has 1 aromatic rings. The van der Waals surface area contributed by atoms with Crippen LogP contribution in [0.1, 0.15) is 39.7 Å².